The van der Waals surface area contributed by atoms with Gasteiger partial charge in [-0.05, 0) is 24.3 Å². The summed E-state index contributed by atoms with van der Waals surface area (Å²) in [6.07, 6.45) is 1.35. The molecular formula is C15H16N2O5S. The lowest BCUT2D eigenvalue weighted by atomic mass is 10.3. The molecule has 2 rings (SSSR count). The van der Waals surface area contributed by atoms with Gasteiger partial charge < -0.3 is 15.1 Å². The van der Waals surface area contributed by atoms with E-state index >= 15 is 0 Å². The standard InChI is InChI=1S/C15H16N2O5S/c1-16-14(18)15(19)17-10-13(12-8-5-9-22-12)23(20,21)11-6-3-2-4-7-11/h2-9,13H,10H2,1H3,(H,16,18)(H,17,19)/t13-/m0/s1. The van der Waals surface area contributed by atoms with Gasteiger partial charge in [-0.2, -0.15) is 0 Å². The number of furan rings is 1. The Kier molecular flexibility index (Phi) is 5.17. The number of benzene rings is 1. The second-order valence-corrected chi connectivity index (χ2v) is 6.78. The highest BCUT2D eigenvalue weighted by molar-refractivity contribution is 7.91. The van der Waals surface area contributed by atoms with Gasteiger partial charge in [-0.15, -0.1) is 0 Å². The average molecular weight is 336 g/mol. The van der Waals surface area contributed by atoms with Crippen molar-refractivity contribution in [1.82, 2.24) is 10.6 Å². The highest BCUT2D eigenvalue weighted by Gasteiger charge is 2.32. The maximum Gasteiger partial charge on any atom is 0.309 e. The summed E-state index contributed by atoms with van der Waals surface area (Å²) < 4.78 is 30.7. The van der Waals surface area contributed by atoms with E-state index in [0.29, 0.717) is 0 Å². The predicted molar refractivity (Wildman–Crippen MR) is 82.2 cm³/mol. The molecule has 8 heteroatoms. The minimum absolute atomic E-state index is 0.107. The van der Waals surface area contributed by atoms with Gasteiger partial charge in [-0.1, -0.05) is 18.2 Å². The van der Waals surface area contributed by atoms with Gasteiger partial charge in [0.05, 0.1) is 11.2 Å². The molecular weight excluding hydrogens is 320 g/mol. The zero-order valence-electron chi connectivity index (χ0n) is 12.4. The van der Waals surface area contributed by atoms with Crippen LogP contribution in [0.3, 0.4) is 0 Å². The van der Waals surface area contributed by atoms with E-state index in [1.807, 2.05) is 0 Å². The molecule has 2 aromatic rings. The highest BCUT2D eigenvalue weighted by Crippen LogP contribution is 2.28. The van der Waals surface area contributed by atoms with Crippen LogP contribution < -0.4 is 10.6 Å². The summed E-state index contributed by atoms with van der Waals surface area (Å²) in [5, 5.41) is 3.35. The van der Waals surface area contributed by atoms with Crippen LogP contribution in [0.25, 0.3) is 0 Å². The summed E-state index contributed by atoms with van der Waals surface area (Å²) in [4.78, 5) is 22.9. The van der Waals surface area contributed by atoms with Crippen molar-refractivity contribution in [1.29, 1.82) is 0 Å². The number of sulfone groups is 1. The van der Waals surface area contributed by atoms with E-state index in [4.69, 9.17) is 4.42 Å². The first-order chi connectivity index (χ1) is 11.0. The van der Waals surface area contributed by atoms with E-state index in [9.17, 15) is 18.0 Å². The molecule has 0 spiro atoms. The molecule has 0 unspecified atom stereocenters. The maximum absolute atomic E-state index is 12.8. The summed E-state index contributed by atoms with van der Waals surface area (Å²) in [6, 6.07) is 10.9. The fourth-order valence-electron chi connectivity index (χ4n) is 1.99. The number of amides is 2. The minimum Gasteiger partial charge on any atom is -0.468 e. The normalized spacial score (nSPS) is 12.4. The van der Waals surface area contributed by atoms with Crippen molar-refractivity contribution in [3.63, 3.8) is 0 Å². The van der Waals surface area contributed by atoms with Crippen LogP contribution in [0.4, 0.5) is 0 Å². The fourth-order valence-corrected chi connectivity index (χ4v) is 3.60. The first-order valence-electron chi connectivity index (χ1n) is 6.79. The second kappa shape index (κ2) is 7.10. The fraction of sp³-hybridized carbons (Fsp3) is 0.200. The van der Waals surface area contributed by atoms with Gasteiger partial charge in [0.15, 0.2) is 9.84 Å². The van der Waals surface area contributed by atoms with E-state index in [0.717, 1.165) is 0 Å². The molecule has 0 aliphatic carbocycles. The number of likely N-dealkylation sites (N-methyl/N-ethyl adjacent to an activating group) is 1. The topological polar surface area (TPSA) is 105 Å². The van der Waals surface area contributed by atoms with Gasteiger partial charge in [-0.3, -0.25) is 9.59 Å². The Balaban J connectivity index is 2.29. The van der Waals surface area contributed by atoms with E-state index in [2.05, 4.69) is 10.6 Å². The Labute approximate surface area is 133 Å². The molecule has 0 radical (unpaired) electrons. The summed E-state index contributed by atoms with van der Waals surface area (Å²) >= 11 is 0. The average Bonchev–Trinajstić information content (AvgIpc) is 3.08. The molecule has 2 amide bonds. The van der Waals surface area contributed by atoms with Crippen LogP contribution in [0.2, 0.25) is 0 Å². The van der Waals surface area contributed by atoms with Crippen molar-refractivity contribution >= 4 is 21.7 Å². The zero-order chi connectivity index (χ0) is 16.9. The summed E-state index contributed by atoms with van der Waals surface area (Å²) in [5.41, 5.74) is 0. The summed E-state index contributed by atoms with van der Waals surface area (Å²) in [6.45, 7) is -0.281. The quantitative estimate of drug-likeness (QED) is 0.780. The molecule has 122 valence electrons. The van der Waals surface area contributed by atoms with Crippen molar-refractivity contribution in [3.05, 3.63) is 54.5 Å². The van der Waals surface area contributed by atoms with E-state index in [-0.39, 0.29) is 17.2 Å². The largest absolute Gasteiger partial charge is 0.468 e. The van der Waals surface area contributed by atoms with Crippen molar-refractivity contribution in [2.45, 2.75) is 10.1 Å². The van der Waals surface area contributed by atoms with Gasteiger partial charge in [-0.25, -0.2) is 8.42 Å². The Morgan fingerprint density at radius 1 is 1.09 bits per heavy atom. The van der Waals surface area contributed by atoms with Crippen molar-refractivity contribution in [2.75, 3.05) is 13.6 Å². The molecule has 1 aromatic heterocycles. The molecule has 0 aliphatic rings. The molecule has 1 heterocycles. The van der Waals surface area contributed by atoms with E-state index < -0.39 is 26.9 Å². The molecule has 0 saturated heterocycles. The van der Waals surface area contributed by atoms with Gasteiger partial charge in [0, 0.05) is 13.6 Å². The monoisotopic (exact) mass is 336 g/mol. The van der Waals surface area contributed by atoms with Crippen LogP contribution in [0.1, 0.15) is 11.0 Å². The molecule has 0 saturated carbocycles. The summed E-state index contributed by atoms with van der Waals surface area (Å²) in [5.74, 6) is -1.57. The van der Waals surface area contributed by atoms with Crippen molar-refractivity contribution in [2.24, 2.45) is 0 Å². The second-order valence-electron chi connectivity index (χ2n) is 4.65. The highest BCUT2D eigenvalue weighted by atomic mass is 32.2. The molecule has 23 heavy (non-hydrogen) atoms. The maximum atomic E-state index is 12.8. The van der Waals surface area contributed by atoms with Crippen LogP contribution in [-0.4, -0.2) is 33.8 Å². The van der Waals surface area contributed by atoms with E-state index in [1.54, 1.807) is 24.3 Å². The lowest BCUT2D eigenvalue weighted by molar-refractivity contribution is -0.138. The van der Waals surface area contributed by atoms with Gasteiger partial charge in [0.1, 0.15) is 11.0 Å². The van der Waals surface area contributed by atoms with Crippen LogP contribution in [0, 0.1) is 0 Å². The molecule has 0 bridgehead atoms. The number of rotatable bonds is 5. The number of hydrogen-bond donors (Lipinski definition) is 2. The smallest absolute Gasteiger partial charge is 0.309 e. The van der Waals surface area contributed by atoms with Gasteiger partial charge in [0.25, 0.3) is 0 Å². The van der Waals surface area contributed by atoms with Crippen LogP contribution >= 0.6 is 0 Å². The molecule has 7 nitrogen and oxygen atoms in total. The molecule has 0 aliphatic heterocycles. The third-order valence-electron chi connectivity index (χ3n) is 3.19. The first kappa shape index (κ1) is 16.8. The van der Waals surface area contributed by atoms with Crippen molar-refractivity contribution < 1.29 is 22.4 Å². The predicted octanol–water partition coefficient (Wildman–Crippen LogP) is 0.657. The lowest BCUT2D eigenvalue weighted by Crippen LogP contribution is -2.40. The Hall–Kier alpha value is -2.61. The van der Waals surface area contributed by atoms with Gasteiger partial charge >= 0.3 is 11.8 Å². The van der Waals surface area contributed by atoms with E-state index in [1.165, 1.54) is 31.5 Å². The number of carbonyl (C=O) groups excluding carboxylic acids is 2. The first-order valence-corrected chi connectivity index (χ1v) is 8.33. The minimum atomic E-state index is -3.79. The number of hydrogen-bond acceptors (Lipinski definition) is 5. The Bertz CT molecular complexity index is 769. The zero-order valence-corrected chi connectivity index (χ0v) is 13.2. The Morgan fingerprint density at radius 3 is 2.35 bits per heavy atom. The molecule has 1 atom stereocenters. The Morgan fingerprint density at radius 2 is 1.78 bits per heavy atom. The SMILES string of the molecule is CNC(=O)C(=O)NC[C@@H](c1ccco1)S(=O)(=O)c1ccccc1. The third-order valence-corrected chi connectivity index (χ3v) is 5.27. The van der Waals surface area contributed by atoms with Crippen LogP contribution in [0.5, 0.6) is 0 Å². The molecule has 0 fully saturated rings. The number of carbonyl (C=O) groups is 2. The molecule has 2 N–H and O–H groups in total. The molecule has 1 aromatic carbocycles. The van der Waals surface area contributed by atoms with Crippen molar-refractivity contribution in [3.8, 4) is 0 Å². The lowest BCUT2D eigenvalue weighted by Gasteiger charge is -2.16. The summed E-state index contributed by atoms with van der Waals surface area (Å²) in [7, 11) is -2.48. The third kappa shape index (κ3) is 3.78. The van der Waals surface area contributed by atoms with Crippen LogP contribution in [-0.2, 0) is 19.4 Å². The number of nitrogens with one attached hydrogen (secondary N) is 2. The van der Waals surface area contributed by atoms with Crippen LogP contribution in [0.15, 0.2) is 58.0 Å². The van der Waals surface area contributed by atoms with Gasteiger partial charge in [0.2, 0.25) is 0 Å².